The number of likely N-dealkylation sites (tertiary alicyclic amines) is 1. The van der Waals surface area contributed by atoms with Gasteiger partial charge in [-0.05, 0) is 44.0 Å². The Morgan fingerprint density at radius 1 is 1.33 bits per heavy atom. The minimum atomic E-state index is 0. The number of hydrogen-bond acceptors (Lipinski definition) is 3. The molecule has 1 aromatic carbocycles. The zero-order valence-electron chi connectivity index (χ0n) is 16.2. The molecule has 0 amide bonds. The van der Waals surface area contributed by atoms with E-state index in [1.807, 2.05) is 16.9 Å². The van der Waals surface area contributed by atoms with Gasteiger partial charge < -0.3 is 15.0 Å². The van der Waals surface area contributed by atoms with E-state index in [-0.39, 0.29) is 24.0 Å². The summed E-state index contributed by atoms with van der Waals surface area (Å²) in [5, 5.41) is 7.73. The van der Waals surface area contributed by atoms with E-state index in [4.69, 9.17) is 9.73 Å². The maximum Gasteiger partial charge on any atom is 0.194 e. The normalized spacial score (nSPS) is 17.0. The van der Waals surface area contributed by atoms with E-state index >= 15 is 0 Å². The van der Waals surface area contributed by atoms with Gasteiger partial charge in [0, 0.05) is 44.6 Å². The zero-order chi connectivity index (χ0) is 18.2. The van der Waals surface area contributed by atoms with Crippen molar-refractivity contribution < 1.29 is 4.74 Å². The summed E-state index contributed by atoms with van der Waals surface area (Å²) in [6, 6.07) is 10.3. The van der Waals surface area contributed by atoms with Crippen LogP contribution in [0.25, 0.3) is 5.69 Å². The van der Waals surface area contributed by atoms with Crippen LogP contribution >= 0.6 is 24.0 Å². The van der Waals surface area contributed by atoms with Gasteiger partial charge in [0.1, 0.15) is 0 Å². The second kappa shape index (κ2) is 11.3. The van der Waals surface area contributed by atoms with Crippen molar-refractivity contribution in [3.8, 4) is 5.69 Å². The molecular weight excluding hydrogens is 453 g/mol. The van der Waals surface area contributed by atoms with Crippen molar-refractivity contribution in [2.75, 3.05) is 32.8 Å². The zero-order valence-corrected chi connectivity index (χ0v) is 18.5. The van der Waals surface area contributed by atoms with Crippen molar-refractivity contribution >= 4 is 29.9 Å². The van der Waals surface area contributed by atoms with Gasteiger partial charge in [-0.25, -0.2) is 9.67 Å². The number of halogens is 1. The molecule has 0 bridgehead atoms. The largest absolute Gasteiger partial charge is 0.381 e. The van der Waals surface area contributed by atoms with E-state index in [0.717, 1.165) is 44.5 Å². The summed E-state index contributed by atoms with van der Waals surface area (Å²) >= 11 is 0. The lowest BCUT2D eigenvalue weighted by Crippen LogP contribution is -2.40. The second-order valence-corrected chi connectivity index (χ2v) is 6.55. The highest BCUT2D eigenvalue weighted by molar-refractivity contribution is 14.0. The molecule has 1 aromatic heterocycles. The van der Waals surface area contributed by atoms with E-state index in [1.165, 1.54) is 12.0 Å². The fourth-order valence-corrected chi connectivity index (χ4v) is 3.26. The van der Waals surface area contributed by atoms with Crippen LogP contribution in [0.1, 0.15) is 25.8 Å². The molecular formula is C20H30IN5O. The minimum absolute atomic E-state index is 0. The van der Waals surface area contributed by atoms with Crippen molar-refractivity contribution in [2.24, 2.45) is 10.9 Å². The Labute approximate surface area is 179 Å². The van der Waals surface area contributed by atoms with Gasteiger partial charge in [-0.2, -0.15) is 5.10 Å². The highest BCUT2D eigenvalue weighted by Gasteiger charge is 2.24. The van der Waals surface area contributed by atoms with E-state index in [2.05, 4.69) is 53.4 Å². The summed E-state index contributed by atoms with van der Waals surface area (Å²) in [7, 11) is 0. The van der Waals surface area contributed by atoms with E-state index in [9.17, 15) is 0 Å². The topological polar surface area (TPSA) is 54.7 Å². The number of aliphatic imine (C=N–C) groups is 1. The number of guanidine groups is 1. The third kappa shape index (κ3) is 6.21. The van der Waals surface area contributed by atoms with Crippen molar-refractivity contribution in [1.29, 1.82) is 0 Å². The number of benzene rings is 1. The molecule has 6 nitrogen and oxygen atoms in total. The van der Waals surface area contributed by atoms with Gasteiger partial charge in [0.25, 0.3) is 0 Å². The Morgan fingerprint density at radius 2 is 2.22 bits per heavy atom. The Hall–Kier alpha value is -1.61. The number of ether oxygens (including phenoxy) is 1. The van der Waals surface area contributed by atoms with Crippen LogP contribution in [-0.2, 0) is 11.3 Å². The van der Waals surface area contributed by atoms with Gasteiger partial charge in [-0.15, -0.1) is 24.0 Å². The number of aromatic nitrogens is 2. The van der Waals surface area contributed by atoms with Gasteiger partial charge in [-0.3, -0.25) is 0 Å². The maximum atomic E-state index is 5.59. The summed E-state index contributed by atoms with van der Waals surface area (Å²) in [6.07, 6.45) is 4.91. The lowest BCUT2D eigenvalue weighted by Gasteiger charge is -2.21. The predicted molar refractivity (Wildman–Crippen MR) is 120 cm³/mol. The van der Waals surface area contributed by atoms with E-state index in [1.54, 1.807) is 6.20 Å². The maximum absolute atomic E-state index is 5.59. The molecule has 1 aliphatic rings. The molecule has 7 heteroatoms. The number of rotatable bonds is 7. The quantitative estimate of drug-likeness (QED) is 0.373. The summed E-state index contributed by atoms with van der Waals surface area (Å²) in [5.74, 6) is 1.60. The average Bonchev–Trinajstić information content (AvgIpc) is 3.35. The van der Waals surface area contributed by atoms with Crippen molar-refractivity contribution in [3.63, 3.8) is 0 Å². The van der Waals surface area contributed by atoms with E-state index < -0.39 is 0 Å². The molecule has 0 saturated carbocycles. The fourth-order valence-electron chi connectivity index (χ4n) is 3.26. The highest BCUT2D eigenvalue weighted by atomic mass is 127. The third-order valence-corrected chi connectivity index (χ3v) is 4.57. The highest BCUT2D eigenvalue weighted by Crippen LogP contribution is 2.17. The molecule has 148 valence electrons. The first kappa shape index (κ1) is 21.7. The van der Waals surface area contributed by atoms with Crippen molar-refractivity contribution in [2.45, 2.75) is 26.8 Å². The molecule has 1 saturated heterocycles. The lowest BCUT2D eigenvalue weighted by atomic mass is 10.1. The molecule has 1 unspecified atom stereocenters. The number of nitrogens with one attached hydrogen (secondary N) is 1. The Morgan fingerprint density at radius 3 is 2.96 bits per heavy atom. The van der Waals surface area contributed by atoms with E-state index in [0.29, 0.717) is 12.5 Å². The minimum Gasteiger partial charge on any atom is -0.381 e. The summed E-state index contributed by atoms with van der Waals surface area (Å²) in [4.78, 5) is 7.22. The smallest absolute Gasteiger partial charge is 0.194 e. The Kier molecular flexibility index (Phi) is 9.06. The van der Waals surface area contributed by atoms with Gasteiger partial charge in [-0.1, -0.05) is 12.1 Å². The van der Waals surface area contributed by atoms with Crippen LogP contribution in [0, 0.1) is 5.92 Å². The molecule has 27 heavy (non-hydrogen) atoms. The van der Waals surface area contributed by atoms with Crippen LogP contribution in [0.5, 0.6) is 0 Å². The lowest BCUT2D eigenvalue weighted by molar-refractivity contribution is 0.114. The Balaban J connectivity index is 0.00000261. The average molecular weight is 483 g/mol. The molecule has 1 aliphatic heterocycles. The SMILES string of the molecule is CCNC(=NCc1cccc(-n2cccn2)c1)N1CCC(COCC)C1.I. The van der Waals surface area contributed by atoms with Crippen LogP contribution in [0.2, 0.25) is 0 Å². The van der Waals surface area contributed by atoms with Crippen LogP contribution in [0.4, 0.5) is 0 Å². The van der Waals surface area contributed by atoms with Gasteiger partial charge >= 0.3 is 0 Å². The number of nitrogens with zero attached hydrogens (tertiary/aromatic N) is 4. The number of hydrogen-bond donors (Lipinski definition) is 1. The summed E-state index contributed by atoms with van der Waals surface area (Å²) in [5.41, 5.74) is 2.24. The molecule has 0 spiro atoms. The standard InChI is InChI=1S/C20H29N5O.HI/c1-3-21-20(24-12-9-18(15-24)16-26-4-2)22-14-17-7-5-8-19(13-17)25-11-6-10-23-25;/h5-8,10-11,13,18H,3-4,9,12,14-16H2,1-2H3,(H,21,22);1H. The fraction of sp³-hybridized carbons (Fsp3) is 0.500. The van der Waals surface area contributed by atoms with Crippen molar-refractivity contribution in [1.82, 2.24) is 20.0 Å². The van der Waals surface area contributed by atoms with Crippen LogP contribution in [-0.4, -0.2) is 53.5 Å². The van der Waals surface area contributed by atoms with Gasteiger partial charge in [0.2, 0.25) is 0 Å². The molecule has 1 atom stereocenters. The van der Waals surface area contributed by atoms with Gasteiger partial charge in [0.15, 0.2) is 5.96 Å². The second-order valence-electron chi connectivity index (χ2n) is 6.55. The molecule has 1 N–H and O–H groups in total. The van der Waals surface area contributed by atoms with Crippen molar-refractivity contribution in [3.05, 3.63) is 48.3 Å². The Bertz CT molecular complexity index is 704. The molecule has 1 fully saturated rings. The van der Waals surface area contributed by atoms with Gasteiger partial charge in [0.05, 0.1) is 18.8 Å². The molecule has 0 aliphatic carbocycles. The van der Waals surface area contributed by atoms with Crippen LogP contribution in [0.3, 0.4) is 0 Å². The molecule has 0 radical (unpaired) electrons. The third-order valence-electron chi connectivity index (χ3n) is 4.57. The summed E-state index contributed by atoms with van der Waals surface area (Å²) in [6.45, 7) is 9.38. The molecule has 3 rings (SSSR count). The monoisotopic (exact) mass is 483 g/mol. The summed E-state index contributed by atoms with van der Waals surface area (Å²) < 4.78 is 7.46. The first-order chi connectivity index (χ1) is 12.8. The first-order valence-electron chi connectivity index (χ1n) is 9.50. The molecule has 2 heterocycles. The van der Waals surface area contributed by atoms with Crippen LogP contribution in [0.15, 0.2) is 47.7 Å². The first-order valence-corrected chi connectivity index (χ1v) is 9.50. The van der Waals surface area contributed by atoms with Crippen LogP contribution < -0.4 is 5.32 Å². The predicted octanol–water partition coefficient (Wildman–Crippen LogP) is 3.31. The molecule has 2 aromatic rings.